The molecule has 0 aromatic rings. The van der Waals surface area contributed by atoms with Gasteiger partial charge in [-0.15, -0.1) is 0 Å². The predicted molar refractivity (Wildman–Crippen MR) is 328 cm³/mol. The zero-order valence-electron chi connectivity index (χ0n) is 52.1. The molecule has 0 radical (unpaired) electrons. The number of esters is 1. The van der Waals surface area contributed by atoms with Crippen molar-refractivity contribution in [3.05, 3.63) is 47.6 Å². The first-order valence-corrected chi connectivity index (χ1v) is 37.6. The number of aliphatic hydroxyl groups is 2. The number of hydrogen-bond acceptors (Lipinski definition) is 18. The standard InChI is InChI=1S/C53H84NO15P.C2H6ClO2P.C2H6.CH3Cl2OP/c1-32-18-14-13-15-19-33(2)44(63-8)30-40-23-21-38(7)53(61,68-40)50(58)51(59)54-25-17-16-20-41(54)52(60)67-45(35(4)28-39-22-24-43(46(29-39)64-9)69-70(12,62)66-11)31-42(55)34(3)27-37(6)48(57)49(65-10)47(56)36(5)26-32;1-5-6(2,3)4;1-2;1-5(2,3)4/h13-15,18-19,27,32,34-36,38-41,43-46,48-49,57,61H,16-17,20-26,28-31H2,1-12H3;1-2H3;1-2H3;1H3/b15-13?,18-14+,33-19?,37-27+;;;/t32-,34-,35-,36-,38-,39+,40+,41+,43-,44+,45?,46-,48-,49+,53-,70?;;;/m1.../s1. The maximum absolute atomic E-state index is 14.5. The third-order valence-corrected chi connectivity index (χ3v) is 17.8. The molecule has 3 fully saturated rings. The van der Waals surface area contributed by atoms with Crippen molar-refractivity contribution >= 4 is 83.1 Å². The summed E-state index contributed by atoms with van der Waals surface area (Å²) in [5.41, 5.74) is 1.24. The number of Topliss-reactive ketones (excluding diaryl/α,β-unsaturated/α-hetero) is 3. The van der Waals surface area contributed by atoms with Gasteiger partial charge in [-0.1, -0.05) is 84.9 Å². The van der Waals surface area contributed by atoms with E-state index in [0.717, 1.165) is 5.57 Å². The summed E-state index contributed by atoms with van der Waals surface area (Å²) in [5, 5.41) is 23.5. The summed E-state index contributed by atoms with van der Waals surface area (Å²) in [4.78, 5) is 72.3. The highest BCUT2D eigenvalue weighted by Crippen LogP contribution is 2.52. The third kappa shape index (κ3) is 27.6. The molecule has 0 spiro atoms. The fraction of sp³-hybridized carbons (Fsp3) is 0.776. The molecule has 0 aromatic heterocycles. The minimum Gasteiger partial charge on any atom is -0.460 e. The molecule has 17 atom stereocenters. The Morgan fingerprint density at radius 1 is 0.783 bits per heavy atom. The number of allylic oxidation sites excluding steroid dienone is 6. The normalized spacial score (nSPS) is 34.4. The Labute approximate surface area is 509 Å². The van der Waals surface area contributed by atoms with Gasteiger partial charge in [0.15, 0.2) is 5.78 Å². The Bertz CT molecular complexity index is 2330. The van der Waals surface area contributed by atoms with Crippen LogP contribution < -0.4 is 0 Å². The van der Waals surface area contributed by atoms with E-state index in [4.69, 9.17) is 66.5 Å². The highest BCUT2D eigenvalue weighted by Gasteiger charge is 2.53. The van der Waals surface area contributed by atoms with E-state index >= 15 is 0 Å². The van der Waals surface area contributed by atoms with Gasteiger partial charge in [-0.3, -0.25) is 32.9 Å². The lowest BCUT2D eigenvalue weighted by atomic mass is 9.78. The molecule has 25 heteroatoms. The van der Waals surface area contributed by atoms with Crippen LogP contribution in [-0.4, -0.2) is 161 Å². The minimum atomic E-state index is -3.30. The molecule has 19 nitrogen and oxygen atoms in total. The van der Waals surface area contributed by atoms with E-state index in [2.05, 4.69) is 4.52 Å². The number of amides is 1. The van der Waals surface area contributed by atoms with Gasteiger partial charge in [0.25, 0.3) is 18.4 Å². The number of halogens is 3. The number of carbonyl (C=O) groups is 5. The van der Waals surface area contributed by atoms with E-state index in [0.29, 0.717) is 69.8 Å². The number of nitrogens with zero attached hydrogens (tertiary/aromatic N) is 1. The van der Waals surface area contributed by atoms with Crippen LogP contribution in [0.2, 0.25) is 0 Å². The maximum atomic E-state index is 14.5. The summed E-state index contributed by atoms with van der Waals surface area (Å²) in [6.07, 6.45) is 10.8. The van der Waals surface area contributed by atoms with Gasteiger partial charge in [0.05, 0.1) is 24.4 Å². The number of cyclic esters (lactones) is 1. The van der Waals surface area contributed by atoms with E-state index < -0.39 is 110 Å². The average Bonchev–Trinajstić information content (AvgIpc) is 2.75. The van der Waals surface area contributed by atoms with E-state index in [-0.39, 0.29) is 48.7 Å². The van der Waals surface area contributed by atoms with Crippen molar-refractivity contribution < 1.29 is 85.1 Å². The van der Waals surface area contributed by atoms with E-state index in [1.807, 2.05) is 71.9 Å². The lowest BCUT2D eigenvalue weighted by Crippen LogP contribution is -2.61. The van der Waals surface area contributed by atoms with Gasteiger partial charge in [0.2, 0.25) is 11.6 Å². The van der Waals surface area contributed by atoms with Crippen molar-refractivity contribution in [1.29, 1.82) is 0 Å². The number of hydrogen-bond donors (Lipinski definition) is 2. The van der Waals surface area contributed by atoms with Crippen LogP contribution in [0.3, 0.4) is 0 Å². The summed E-state index contributed by atoms with van der Waals surface area (Å²) < 4.78 is 77.5. The monoisotopic (exact) mass is 1300 g/mol. The zero-order chi connectivity index (χ0) is 63.8. The molecule has 2 N–H and O–H groups in total. The average molecular weight is 1300 g/mol. The van der Waals surface area contributed by atoms with Crippen LogP contribution in [0, 0.1) is 35.5 Å². The molecule has 4 aliphatic rings. The van der Waals surface area contributed by atoms with Gasteiger partial charge >= 0.3 is 13.6 Å². The van der Waals surface area contributed by atoms with Gasteiger partial charge in [-0.05, 0) is 141 Å². The zero-order valence-corrected chi connectivity index (χ0v) is 57.0. The second-order valence-electron chi connectivity index (χ2n) is 22.3. The molecule has 0 aromatic carbocycles. The van der Waals surface area contributed by atoms with E-state index in [1.54, 1.807) is 41.1 Å². The van der Waals surface area contributed by atoms with Crippen molar-refractivity contribution in [3.63, 3.8) is 0 Å². The Hall–Kier alpha value is -1.89. The molecule has 1 amide bonds. The second-order valence-corrected chi connectivity index (χ2v) is 33.9. The first kappa shape index (κ1) is 79.1. The molecule has 2 bridgehead atoms. The van der Waals surface area contributed by atoms with Crippen LogP contribution in [0.4, 0.5) is 0 Å². The van der Waals surface area contributed by atoms with Crippen molar-refractivity contribution in [2.75, 3.05) is 62.1 Å². The molecule has 3 unspecified atom stereocenters. The van der Waals surface area contributed by atoms with E-state index in [1.165, 1.54) is 46.2 Å². The molecule has 4 rings (SSSR count). The predicted octanol–water partition coefficient (Wildman–Crippen LogP) is 12.7. The number of piperidine rings is 1. The van der Waals surface area contributed by atoms with Crippen LogP contribution in [0.5, 0.6) is 0 Å². The maximum Gasteiger partial charge on any atom is 0.329 e. The molecule has 1 saturated carbocycles. The molecule has 83 heavy (non-hydrogen) atoms. The molecule has 1 aliphatic carbocycles. The van der Waals surface area contributed by atoms with Gasteiger partial charge < -0.3 is 52.4 Å². The fourth-order valence-corrected chi connectivity index (χ4v) is 11.3. The highest BCUT2D eigenvalue weighted by atomic mass is 35.9. The molecule has 480 valence electrons. The second kappa shape index (κ2) is 37.8. The third-order valence-electron chi connectivity index (χ3n) is 15.4. The SMILES string of the molecule is CC.COP(C)(=O)Cl.CO[C@H]1C[C@@H]2CC[C@@H](C)[C@@](O)(O2)C(=O)C(=O)N2CCCC[C@H]2C(=O)OC([C@H](C)C[C@@H]2CC[C@@H](OP(C)(=O)OC)[C@H](OC)C2)CC(=O)[C@H](C)/C=C(\C)[C@@H](O)[C@@H](OC)C(=O)[C@H](C)C[C@H](C)/C=C/C=CC=C1C.CP(=O)(Cl)Cl. The van der Waals surface area contributed by atoms with Gasteiger partial charge in [-0.2, -0.15) is 0 Å². The van der Waals surface area contributed by atoms with Crippen molar-refractivity contribution in [1.82, 2.24) is 4.90 Å². The van der Waals surface area contributed by atoms with Crippen molar-refractivity contribution in [2.24, 2.45) is 35.5 Å². The van der Waals surface area contributed by atoms with Crippen LogP contribution in [0.15, 0.2) is 47.6 Å². The first-order valence-electron chi connectivity index (χ1n) is 28.7. The molecule has 2 saturated heterocycles. The Morgan fingerprint density at radius 2 is 1.40 bits per heavy atom. The summed E-state index contributed by atoms with van der Waals surface area (Å²) in [7, 11) is 3.86. The number of ether oxygens (including phenoxy) is 5. The Kier molecular flexibility index (Phi) is 36.1. The minimum absolute atomic E-state index is 0.00690. The highest BCUT2D eigenvalue weighted by molar-refractivity contribution is 8.08. The summed E-state index contributed by atoms with van der Waals surface area (Å²) in [6.45, 7) is 18.0. The van der Waals surface area contributed by atoms with Crippen LogP contribution >= 0.6 is 53.9 Å². The molecule has 3 aliphatic heterocycles. The van der Waals surface area contributed by atoms with Crippen LogP contribution in [0.25, 0.3) is 0 Å². The lowest BCUT2D eigenvalue weighted by Gasteiger charge is -2.42. The van der Waals surface area contributed by atoms with Crippen LogP contribution in [0.1, 0.15) is 139 Å². The van der Waals surface area contributed by atoms with Crippen molar-refractivity contribution in [2.45, 2.75) is 194 Å². The van der Waals surface area contributed by atoms with Gasteiger partial charge in [-0.25, -0.2) is 4.79 Å². The van der Waals surface area contributed by atoms with Crippen molar-refractivity contribution in [3.8, 4) is 0 Å². The topological polar surface area (TPSA) is 254 Å². The van der Waals surface area contributed by atoms with E-state index in [9.17, 15) is 47.9 Å². The Morgan fingerprint density at radius 3 is 1.95 bits per heavy atom. The quantitative estimate of drug-likeness (QED) is 0.0892. The summed E-state index contributed by atoms with van der Waals surface area (Å²) in [6, 6.07) is -1.17. The molecular weight excluding hydrogens is 1200 g/mol. The largest absolute Gasteiger partial charge is 0.460 e. The number of ketones is 3. The number of methoxy groups -OCH3 is 3. The number of fused-ring (bicyclic) bond motifs is 3. The van der Waals surface area contributed by atoms with Gasteiger partial charge in [0, 0.05) is 92.7 Å². The number of rotatable bonds is 10. The molecular formula is C58H99Cl3NO18P3. The van der Waals surface area contributed by atoms with Crippen LogP contribution in [-0.2, 0) is 74.9 Å². The number of aliphatic hydroxyl groups excluding tert-OH is 1. The Balaban J connectivity index is 0.00000238. The summed E-state index contributed by atoms with van der Waals surface area (Å²) >= 11 is 14.8. The smallest absolute Gasteiger partial charge is 0.329 e. The fourth-order valence-electron chi connectivity index (χ4n) is 10.5. The molecule has 3 heterocycles. The lowest BCUT2D eigenvalue weighted by molar-refractivity contribution is -0.265. The number of carbonyl (C=O) groups excluding carboxylic acids is 5. The van der Waals surface area contributed by atoms with Gasteiger partial charge in [0.1, 0.15) is 30.1 Å². The first-order chi connectivity index (χ1) is 38.6. The summed E-state index contributed by atoms with van der Waals surface area (Å²) in [5.74, 6) is -11.0.